The third-order valence-electron chi connectivity index (χ3n) is 23.7. The van der Waals surface area contributed by atoms with Gasteiger partial charge in [-0.25, -0.2) is 24.9 Å². The zero-order chi connectivity index (χ0) is 105. The van der Waals surface area contributed by atoms with Crippen molar-refractivity contribution in [1.82, 2.24) is 49.8 Å². The number of aliphatic hydroxyl groups is 2. The predicted octanol–water partition coefficient (Wildman–Crippen LogP) is 20.7. The van der Waals surface area contributed by atoms with E-state index in [4.69, 9.17) is 94.7 Å². The van der Waals surface area contributed by atoms with Gasteiger partial charge in [-0.1, -0.05) is 290 Å². The monoisotopic (exact) mass is 1980 g/mol. The van der Waals surface area contributed by atoms with Crippen LogP contribution in [0.25, 0.3) is 56.3 Å². The standard InChI is InChI=1S/5C19H24N4O.C2H7N.C2H3N.7C2H6.2CH4O/c5*1-2-9-22-10-8-16-17(15-6-4-3-5-7-15)20-19(21-18(16)22)23-11-13-24-14-12-23;2*1-2-3;9*1-2/h5*3-7H,2,8-14H2,1H3;2-3H2,1H3;1H3;7*1-2H3;2*2H,1H3. The highest BCUT2D eigenvalue weighted by Gasteiger charge is 2.35. The van der Waals surface area contributed by atoms with Crippen LogP contribution in [0, 0.1) is 11.3 Å². The molecule has 5 saturated heterocycles. The van der Waals surface area contributed by atoms with Crippen molar-refractivity contribution in [3.63, 3.8) is 0 Å². The van der Waals surface area contributed by atoms with Crippen molar-refractivity contribution in [1.29, 1.82) is 5.26 Å². The molecule has 0 radical (unpaired) electrons. The topological polar surface area (TPSA) is 298 Å². The molecule has 0 unspecified atom stereocenters. The average molecular weight is 1980 g/mol. The minimum atomic E-state index is 0.750. The summed E-state index contributed by atoms with van der Waals surface area (Å²) in [6.07, 6.45) is 10.8. The lowest BCUT2D eigenvalue weighted by atomic mass is 10.1. The van der Waals surface area contributed by atoms with Crippen LogP contribution in [-0.2, 0) is 55.8 Å². The van der Waals surface area contributed by atoms with Gasteiger partial charge in [0.1, 0.15) is 29.1 Å². The second kappa shape index (κ2) is 72.9. The van der Waals surface area contributed by atoms with E-state index >= 15 is 0 Å². The molecule has 5 aromatic heterocycles. The van der Waals surface area contributed by atoms with Crippen LogP contribution in [-0.4, -0.2) is 278 Å². The van der Waals surface area contributed by atoms with Crippen molar-refractivity contribution in [2.24, 2.45) is 5.73 Å². The molecule has 5 aromatic carbocycles. The van der Waals surface area contributed by atoms with Crippen molar-refractivity contribution >= 4 is 58.8 Å². The molecule has 0 atom stereocenters. The molecule has 0 aliphatic carbocycles. The molecule has 10 aromatic rings. The minimum absolute atomic E-state index is 0.750. The summed E-state index contributed by atoms with van der Waals surface area (Å²) in [6, 6.07) is 54.3. The summed E-state index contributed by atoms with van der Waals surface area (Å²) < 4.78 is 27.4. The van der Waals surface area contributed by atoms with Crippen LogP contribution in [0.5, 0.6) is 0 Å². The number of rotatable bonds is 20. The third kappa shape index (κ3) is 35.5. The van der Waals surface area contributed by atoms with E-state index in [1.54, 1.807) is 6.07 Å². The van der Waals surface area contributed by atoms with E-state index in [0.717, 1.165) is 369 Å². The first-order chi connectivity index (χ1) is 71.2. The number of benzene rings is 5. The summed E-state index contributed by atoms with van der Waals surface area (Å²) in [4.78, 5) is 72.9. The highest BCUT2D eigenvalue weighted by atomic mass is 16.5. The first kappa shape index (κ1) is 123. The Morgan fingerprint density at radius 1 is 0.250 bits per heavy atom. The Kier molecular flexibility index (Phi) is 62.3. The molecule has 4 N–H and O–H groups in total. The number of nitrogens with zero attached hydrogens (tertiary/aromatic N) is 21. The van der Waals surface area contributed by atoms with E-state index in [1.807, 2.05) is 104 Å². The summed E-state index contributed by atoms with van der Waals surface area (Å²) in [5.41, 5.74) is 22.7. The number of fused-ring (bicyclic) bond motifs is 5. The Labute approximate surface area is 866 Å². The highest BCUT2D eigenvalue weighted by Crippen LogP contribution is 2.42. The van der Waals surface area contributed by atoms with Crippen molar-refractivity contribution < 1.29 is 33.9 Å². The molecule has 20 rings (SSSR count). The molecule has 0 amide bonds. The zero-order valence-electron chi connectivity index (χ0n) is 92.3. The summed E-state index contributed by atoms with van der Waals surface area (Å²) in [5, 5.41) is 21.3. The van der Waals surface area contributed by atoms with Crippen molar-refractivity contribution in [2.45, 2.75) is 210 Å². The van der Waals surface area contributed by atoms with Gasteiger partial charge >= 0.3 is 0 Å². The fourth-order valence-electron chi connectivity index (χ4n) is 17.7. The molecule has 792 valence electrons. The van der Waals surface area contributed by atoms with E-state index in [9.17, 15) is 0 Å². The van der Waals surface area contributed by atoms with Crippen molar-refractivity contribution in [2.75, 3.05) is 267 Å². The van der Waals surface area contributed by atoms with Gasteiger partial charge in [0.15, 0.2) is 0 Å². The first-order valence-electron chi connectivity index (χ1n) is 54.3. The summed E-state index contributed by atoms with van der Waals surface area (Å²) in [6.45, 7) is 69.8. The fourth-order valence-corrected chi connectivity index (χ4v) is 17.7. The average Bonchev–Trinajstić information content (AvgIpc) is 1.61. The van der Waals surface area contributed by atoms with Gasteiger partial charge in [0.2, 0.25) is 29.7 Å². The molecular formula is C115H180N22O7. The molecule has 144 heavy (non-hydrogen) atoms. The molecule has 5 fully saturated rings. The Morgan fingerprint density at radius 2 is 0.382 bits per heavy atom. The van der Waals surface area contributed by atoms with E-state index in [1.165, 1.54) is 62.6 Å². The molecule has 0 saturated carbocycles. The lowest BCUT2D eigenvalue weighted by Gasteiger charge is -2.28. The number of aromatic nitrogens is 10. The molecule has 29 nitrogen and oxygen atoms in total. The quantitative estimate of drug-likeness (QED) is 0.0638. The fraction of sp³-hybridized carbons (Fsp3) is 0.557. The van der Waals surface area contributed by atoms with Crippen LogP contribution in [0.1, 0.15) is 205 Å². The van der Waals surface area contributed by atoms with Crippen molar-refractivity contribution in [3.05, 3.63) is 179 Å². The van der Waals surface area contributed by atoms with Gasteiger partial charge in [0.05, 0.1) is 101 Å². The maximum atomic E-state index is 7.32. The Bertz CT molecular complexity index is 4350. The molecule has 0 bridgehead atoms. The van der Waals surface area contributed by atoms with Gasteiger partial charge in [0.25, 0.3) is 0 Å². The van der Waals surface area contributed by atoms with Crippen LogP contribution in [0.3, 0.4) is 0 Å². The molecule has 15 heterocycles. The number of ether oxygens (including phenoxy) is 5. The second-order valence-electron chi connectivity index (χ2n) is 32.5. The van der Waals surface area contributed by atoms with Crippen LogP contribution < -0.4 is 54.7 Å². The van der Waals surface area contributed by atoms with Gasteiger partial charge in [-0.3, -0.25) is 0 Å². The summed E-state index contributed by atoms with van der Waals surface area (Å²) in [5.74, 6) is 9.89. The third-order valence-corrected chi connectivity index (χ3v) is 23.7. The number of hydrogen-bond donors (Lipinski definition) is 3. The largest absolute Gasteiger partial charge is 0.400 e. The number of hydrogen-bond acceptors (Lipinski definition) is 29. The normalized spacial score (nSPS) is 14.9. The smallest absolute Gasteiger partial charge is 0.228 e. The molecule has 10 aliphatic heterocycles. The van der Waals surface area contributed by atoms with Gasteiger partial charge in [0, 0.05) is 208 Å². The van der Waals surface area contributed by atoms with Crippen LogP contribution >= 0.6 is 0 Å². The van der Waals surface area contributed by atoms with E-state index in [2.05, 4.69) is 235 Å². The number of morpholine rings is 5. The Morgan fingerprint density at radius 3 is 0.507 bits per heavy atom. The van der Waals surface area contributed by atoms with Gasteiger partial charge < -0.3 is 88.6 Å². The Hall–Kier alpha value is -11.3. The second-order valence-corrected chi connectivity index (χ2v) is 32.5. The number of nitrogens with two attached hydrogens (primary N) is 1. The van der Waals surface area contributed by atoms with E-state index in [0.29, 0.717) is 0 Å². The number of aliphatic hydroxyl groups excluding tert-OH is 2. The summed E-state index contributed by atoms with van der Waals surface area (Å²) >= 11 is 0. The van der Waals surface area contributed by atoms with Crippen molar-refractivity contribution in [3.8, 4) is 62.4 Å². The molecule has 0 spiro atoms. The van der Waals surface area contributed by atoms with E-state index < -0.39 is 0 Å². The molecule has 10 aliphatic rings. The Balaban J connectivity index is 0.000000300. The lowest BCUT2D eigenvalue weighted by Crippen LogP contribution is -2.37. The van der Waals surface area contributed by atoms with Gasteiger partial charge in [-0.05, 0) is 70.8 Å². The molecule has 29 heteroatoms. The number of anilines is 10. The van der Waals surface area contributed by atoms with Gasteiger partial charge in [-0.2, -0.15) is 30.2 Å². The maximum Gasteiger partial charge on any atom is 0.228 e. The number of nitriles is 1. The maximum absolute atomic E-state index is 7.32. The first-order valence-corrected chi connectivity index (χ1v) is 54.3. The van der Waals surface area contributed by atoms with Crippen LogP contribution in [0.4, 0.5) is 58.8 Å². The SMILES string of the molecule is CC.CC.CC.CC.CC.CC.CC.CC#N.CCCN1CCc2c(-c3ccccc3)nc(N3CCOCC3)nc21.CCCN1CCc2c(-c3ccccc3)nc(N3CCOCC3)nc21.CCCN1CCc2c(-c3ccccc3)nc(N3CCOCC3)nc21.CCCN1CCc2c(-c3ccccc3)nc(N3CCOCC3)nc21.CCCN1CCc2c(-c3ccccc3)nc(N3CCOCC3)nc21.CCN.CO.CO. The summed E-state index contributed by atoms with van der Waals surface area (Å²) in [7, 11) is 2.00. The minimum Gasteiger partial charge on any atom is -0.400 e. The van der Waals surface area contributed by atoms with Crippen LogP contribution in [0.15, 0.2) is 152 Å². The van der Waals surface area contributed by atoms with E-state index in [-0.39, 0.29) is 0 Å². The lowest BCUT2D eigenvalue weighted by molar-refractivity contribution is 0.122. The highest BCUT2D eigenvalue weighted by molar-refractivity contribution is 5.78. The predicted molar refractivity (Wildman–Crippen MR) is 605 cm³/mol. The van der Waals surface area contributed by atoms with Gasteiger partial charge in [-0.15, -0.1) is 0 Å². The zero-order valence-corrected chi connectivity index (χ0v) is 92.3. The van der Waals surface area contributed by atoms with Crippen LogP contribution in [0.2, 0.25) is 0 Å². The molecular weight excluding hydrogens is 1800 g/mol.